The molecule has 0 aliphatic heterocycles. The van der Waals surface area contributed by atoms with E-state index < -0.39 is 21.9 Å². The normalized spacial score (nSPS) is 10.9. The van der Waals surface area contributed by atoms with Gasteiger partial charge in [0.15, 0.2) is 0 Å². The number of aromatic nitrogens is 2. The van der Waals surface area contributed by atoms with Crippen LogP contribution in [0.5, 0.6) is 5.75 Å². The van der Waals surface area contributed by atoms with E-state index in [1.54, 1.807) is 18.2 Å². The second kappa shape index (κ2) is 7.05. The molecule has 0 atom stereocenters. The van der Waals surface area contributed by atoms with Crippen LogP contribution < -0.4 is 16.0 Å². The van der Waals surface area contributed by atoms with Gasteiger partial charge in [-0.15, -0.1) is 0 Å². The molecule has 9 heteroatoms. The number of nitrogens with zero attached hydrogens (tertiary/aromatic N) is 1. The van der Waals surface area contributed by atoms with Gasteiger partial charge in [0.2, 0.25) is 0 Å². The van der Waals surface area contributed by atoms with E-state index in [1.165, 1.54) is 12.2 Å². The minimum atomic E-state index is -1.06. The third kappa shape index (κ3) is 3.95. The molecule has 0 aliphatic rings. The summed E-state index contributed by atoms with van der Waals surface area (Å²) >= 11 is 3.32. The first-order valence-electron chi connectivity index (χ1n) is 6.53. The molecular formula is C14H12BrN3O5. The van der Waals surface area contributed by atoms with Crippen molar-refractivity contribution in [3.8, 4) is 5.75 Å². The van der Waals surface area contributed by atoms with Crippen LogP contribution in [0.1, 0.15) is 18.2 Å². The highest BCUT2D eigenvalue weighted by Gasteiger charge is 2.18. The largest absolute Gasteiger partial charge is 0.493 e. The molecule has 120 valence electrons. The fourth-order valence-corrected chi connectivity index (χ4v) is 2.29. The minimum Gasteiger partial charge on any atom is -0.493 e. The molecule has 0 aliphatic carbocycles. The number of nitro groups is 1. The van der Waals surface area contributed by atoms with Crippen molar-refractivity contribution in [1.82, 2.24) is 9.97 Å². The first-order chi connectivity index (χ1) is 10.9. The van der Waals surface area contributed by atoms with Crippen molar-refractivity contribution in [2.75, 3.05) is 6.61 Å². The van der Waals surface area contributed by atoms with E-state index >= 15 is 0 Å². The van der Waals surface area contributed by atoms with Gasteiger partial charge in [0.25, 0.3) is 0 Å². The third-order valence-corrected chi connectivity index (χ3v) is 3.32. The maximum absolute atomic E-state index is 11.6. The number of hydrogen-bond acceptors (Lipinski definition) is 5. The number of benzene rings is 1. The second-order valence-corrected chi connectivity index (χ2v) is 5.29. The fourth-order valence-electron chi connectivity index (χ4n) is 1.91. The van der Waals surface area contributed by atoms with Crippen LogP contribution in [-0.2, 0) is 0 Å². The number of halogens is 1. The van der Waals surface area contributed by atoms with Crippen LogP contribution in [0.15, 0.2) is 32.3 Å². The lowest BCUT2D eigenvalue weighted by Gasteiger charge is -2.07. The zero-order chi connectivity index (χ0) is 17.0. The Bertz CT molecular complexity index is 885. The van der Waals surface area contributed by atoms with Crippen LogP contribution in [0.4, 0.5) is 5.69 Å². The van der Waals surface area contributed by atoms with E-state index in [0.29, 0.717) is 17.9 Å². The smallest absolute Gasteiger partial charge is 0.357 e. The molecule has 0 amide bonds. The van der Waals surface area contributed by atoms with E-state index in [1.807, 2.05) is 11.9 Å². The molecule has 0 saturated heterocycles. The third-order valence-electron chi connectivity index (χ3n) is 2.83. The molecule has 2 aromatic rings. The number of hydrogen-bond donors (Lipinski definition) is 2. The Morgan fingerprint density at radius 3 is 2.70 bits per heavy atom. The van der Waals surface area contributed by atoms with Gasteiger partial charge in [0.1, 0.15) is 11.4 Å². The molecule has 1 heterocycles. The fraction of sp³-hybridized carbons (Fsp3) is 0.143. The van der Waals surface area contributed by atoms with Crippen molar-refractivity contribution in [2.24, 2.45) is 0 Å². The van der Waals surface area contributed by atoms with E-state index in [2.05, 4.69) is 20.9 Å². The van der Waals surface area contributed by atoms with E-state index in [9.17, 15) is 19.7 Å². The minimum absolute atomic E-state index is 0.189. The molecule has 0 radical (unpaired) electrons. The molecule has 0 bridgehead atoms. The van der Waals surface area contributed by atoms with Crippen molar-refractivity contribution < 1.29 is 9.66 Å². The van der Waals surface area contributed by atoms with Gasteiger partial charge in [0.05, 0.1) is 11.5 Å². The van der Waals surface area contributed by atoms with Crippen LogP contribution >= 0.6 is 15.9 Å². The maximum atomic E-state index is 11.6. The topological polar surface area (TPSA) is 118 Å². The monoisotopic (exact) mass is 381 g/mol. The van der Waals surface area contributed by atoms with Crippen molar-refractivity contribution in [3.63, 3.8) is 0 Å². The van der Waals surface area contributed by atoms with Gasteiger partial charge in [-0.05, 0) is 37.3 Å². The number of aromatic amines is 2. The lowest BCUT2D eigenvalue weighted by Crippen LogP contribution is -2.25. The van der Waals surface area contributed by atoms with Gasteiger partial charge in [-0.3, -0.25) is 19.9 Å². The van der Waals surface area contributed by atoms with Gasteiger partial charge in [-0.1, -0.05) is 15.9 Å². The lowest BCUT2D eigenvalue weighted by atomic mass is 10.1. The average Bonchev–Trinajstić information content (AvgIpc) is 2.46. The second-order valence-electron chi connectivity index (χ2n) is 4.38. The zero-order valence-electron chi connectivity index (χ0n) is 12.0. The molecule has 0 spiro atoms. The van der Waals surface area contributed by atoms with Gasteiger partial charge in [-0.2, -0.15) is 0 Å². The Kier molecular flexibility index (Phi) is 5.12. The highest BCUT2D eigenvalue weighted by molar-refractivity contribution is 9.10. The average molecular weight is 382 g/mol. The van der Waals surface area contributed by atoms with Gasteiger partial charge in [-0.25, -0.2) is 4.79 Å². The summed E-state index contributed by atoms with van der Waals surface area (Å²) < 4.78 is 6.25. The summed E-state index contributed by atoms with van der Waals surface area (Å²) in [7, 11) is 0. The lowest BCUT2D eigenvalue weighted by molar-refractivity contribution is -0.386. The van der Waals surface area contributed by atoms with Crippen LogP contribution in [0, 0.1) is 10.1 Å². The first-order valence-corrected chi connectivity index (χ1v) is 7.33. The van der Waals surface area contributed by atoms with E-state index in [-0.39, 0.29) is 5.69 Å². The zero-order valence-corrected chi connectivity index (χ0v) is 13.5. The van der Waals surface area contributed by atoms with Crippen molar-refractivity contribution in [3.05, 3.63) is 64.9 Å². The van der Waals surface area contributed by atoms with E-state index in [0.717, 1.165) is 4.47 Å². The molecular weight excluding hydrogens is 370 g/mol. The van der Waals surface area contributed by atoms with Crippen molar-refractivity contribution in [1.29, 1.82) is 0 Å². The number of rotatable bonds is 5. The predicted octanol–water partition coefficient (Wildman–Crippen LogP) is 2.30. The number of H-pyrrole nitrogens is 2. The predicted molar refractivity (Wildman–Crippen MR) is 88.6 cm³/mol. The Hall–Kier alpha value is -2.68. The summed E-state index contributed by atoms with van der Waals surface area (Å²) in [6, 6.07) is 5.28. The van der Waals surface area contributed by atoms with Crippen molar-refractivity contribution >= 4 is 33.8 Å². The van der Waals surface area contributed by atoms with Gasteiger partial charge in [0, 0.05) is 10.0 Å². The van der Waals surface area contributed by atoms with Crippen molar-refractivity contribution in [2.45, 2.75) is 6.92 Å². The number of nitrogens with one attached hydrogen (secondary N) is 2. The Labute approximate surface area is 138 Å². The van der Waals surface area contributed by atoms with Crippen LogP contribution in [0.2, 0.25) is 0 Å². The summed E-state index contributed by atoms with van der Waals surface area (Å²) in [5.74, 6) is 0.571. The standard InChI is InChI=1S/C14H12BrN3O5/c1-2-23-11-6-4-9(15)7-8(11)3-5-10-12(18(21)22)13(19)17-14(20)16-10/h3-7H,2H2,1H3,(H2,16,17,19,20)/b5-3-. The molecule has 1 aromatic heterocycles. The van der Waals surface area contributed by atoms with Crippen LogP contribution in [0.3, 0.4) is 0 Å². The van der Waals surface area contributed by atoms with Crippen LogP contribution in [-0.4, -0.2) is 21.5 Å². The highest BCUT2D eigenvalue weighted by Crippen LogP contribution is 2.25. The quantitative estimate of drug-likeness (QED) is 0.608. The Morgan fingerprint density at radius 2 is 2.04 bits per heavy atom. The molecule has 1 aromatic carbocycles. The highest BCUT2D eigenvalue weighted by atomic mass is 79.9. The first kappa shape index (κ1) is 16.7. The summed E-state index contributed by atoms with van der Waals surface area (Å²) in [6.07, 6.45) is 2.81. The molecule has 0 fully saturated rings. The molecule has 8 nitrogen and oxygen atoms in total. The summed E-state index contributed by atoms with van der Waals surface area (Å²) in [6.45, 7) is 2.28. The van der Waals surface area contributed by atoms with Crippen LogP contribution in [0.25, 0.3) is 12.2 Å². The molecule has 0 saturated carbocycles. The SMILES string of the molecule is CCOc1ccc(Br)cc1/C=C\c1[nH]c(=O)[nH]c(=O)c1[N+](=O)[O-]. The Morgan fingerprint density at radius 1 is 1.30 bits per heavy atom. The Balaban J connectivity index is 2.53. The molecule has 23 heavy (non-hydrogen) atoms. The van der Waals surface area contributed by atoms with Gasteiger partial charge < -0.3 is 9.72 Å². The molecule has 0 unspecified atom stereocenters. The molecule has 2 rings (SSSR count). The van der Waals surface area contributed by atoms with E-state index in [4.69, 9.17) is 4.74 Å². The summed E-state index contributed by atoms with van der Waals surface area (Å²) in [5.41, 5.74) is -2.16. The summed E-state index contributed by atoms with van der Waals surface area (Å²) in [4.78, 5) is 37.1. The molecule has 2 N–H and O–H groups in total. The maximum Gasteiger partial charge on any atom is 0.357 e. The number of ether oxygens (including phenoxy) is 1. The summed E-state index contributed by atoms with van der Waals surface area (Å²) in [5, 5.41) is 11.0. The van der Waals surface area contributed by atoms with Gasteiger partial charge >= 0.3 is 16.9 Å².